The van der Waals surface area contributed by atoms with Crippen LogP contribution in [0.1, 0.15) is 81.8 Å². The summed E-state index contributed by atoms with van der Waals surface area (Å²) in [6.07, 6.45) is 16.1. The molecule has 0 amide bonds. The molecule has 2 heteroatoms. The molecule has 146 valence electrons. The van der Waals surface area contributed by atoms with Gasteiger partial charge in [-0.1, -0.05) is 37.6 Å². The van der Waals surface area contributed by atoms with E-state index in [1.807, 2.05) is 6.08 Å². The second-order valence-electron chi connectivity index (χ2n) is 8.67. The van der Waals surface area contributed by atoms with Crippen molar-refractivity contribution in [3.05, 3.63) is 47.5 Å². The normalized spacial score (nSPS) is 31.7. The molecular formula is C25H35NO. The predicted octanol–water partition coefficient (Wildman–Crippen LogP) is 6.57. The number of hydrogen-bond acceptors (Lipinski definition) is 2. The zero-order valence-electron chi connectivity index (χ0n) is 17.1. The SMILES string of the molecule is CCCc1ccc(C2CCC(C3CCC(C=CC#N)(OC)CC3)CC2)cc1. The minimum Gasteiger partial charge on any atom is -0.374 e. The van der Waals surface area contributed by atoms with Crippen LogP contribution in [-0.2, 0) is 11.2 Å². The molecule has 0 bridgehead atoms. The lowest BCUT2D eigenvalue weighted by atomic mass is 9.67. The van der Waals surface area contributed by atoms with Crippen LogP contribution in [0.3, 0.4) is 0 Å². The molecule has 0 unspecified atom stereocenters. The van der Waals surface area contributed by atoms with E-state index >= 15 is 0 Å². The van der Waals surface area contributed by atoms with Crippen molar-refractivity contribution < 1.29 is 4.74 Å². The van der Waals surface area contributed by atoms with Crippen molar-refractivity contribution in [2.24, 2.45) is 11.8 Å². The fourth-order valence-corrected chi connectivity index (χ4v) is 5.40. The zero-order chi connectivity index (χ0) is 19.1. The molecule has 3 rings (SSSR count). The van der Waals surface area contributed by atoms with Crippen LogP contribution in [0.5, 0.6) is 0 Å². The summed E-state index contributed by atoms with van der Waals surface area (Å²) < 4.78 is 5.78. The minimum absolute atomic E-state index is 0.191. The smallest absolute Gasteiger partial charge is 0.0909 e. The molecular weight excluding hydrogens is 330 g/mol. The molecule has 0 heterocycles. The largest absolute Gasteiger partial charge is 0.374 e. The standard InChI is InChI=1S/C25H35NO/c1-3-5-20-6-8-21(9-7-20)22-10-12-23(13-11-22)24-14-17-25(27-2,18-15-24)16-4-19-26/h4,6-9,16,22-24H,3,5,10-15,17-18H2,1-2H3. The number of aryl methyl sites for hydroxylation is 1. The molecule has 0 radical (unpaired) electrons. The van der Waals surface area contributed by atoms with Crippen LogP contribution in [-0.4, -0.2) is 12.7 Å². The summed E-state index contributed by atoms with van der Waals surface area (Å²) in [6.45, 7) is 2.25. The molecule has 2 aliphatic carbocycles. The lowest BCUT2D eigenvalue weighted by Gasteiger charge is -2.41. The van der Waals surface area contributed by atoms with Gasteiger partial charge in [0.2, 0.25) is 0 Å². The summed E-state index contributed by atoms with van der Waals surface area (Å²) in [7, 11) is 1.79. The summed E-state index contributed by atoms with van der Waals surface area (Å²) in [5.41, 5.74) is 2.84. The van der Waals surface area contributed by atoms with E-state index in [1.165, 1.54) is 56.9 Å². The van der Waals surface area contributed by atoms with Gasteiger partial charge in [0.1, 0.15) is 0 Å². The van der Waals surface area contributed by atoms with Crippen molar-refractivity contribution >= 4 is 0 Å². The third-order valence-corrected chi connectivity index (χ3v) is 7.17. The maximum atomic E-state index is 8.83. The number of rotatable bonds is 6. The Morgan fingerprint density at radius 3 is 2.22 bits per heavy atom. The molecule has 0 aromatic heterocycles. The van der Waals surface area contributed by atoms with Gasteiger partial charge < -0.3 is 4.74 Å². The number of nitrogens with zero attached hydrogens (tertiary/aromatic N) is 1. The fraction of sp³-hybridized carbons (Fsp3) is 0.640. The van der Waals surface area contributed by atoms with Gasteiger partial charge in [0, 0.05) is 13.2 Å². The van der Waals surface area contributed by atoms with E-state index in [2.05, 4.69) is 37.3 Å². The van der Waals surface area contributed by atoms with Gasteiger partial charge in [-0.3, -0.25) is 0 Å². The molecule has 1 aromatic rings. The third-order valence-electron chi connectivity index (χ3n) is 7.17. The van der Waals surface area contributed by atoms with Gasteiger partial charge in [-0.15, -0.1) is 0 Å². The van der Waals surface area contributed by atoms with Crippen molar-refractivity contribution in [3.63, 3.8) is 0 Å². The van der Waals surface area contributed by atoms with Crippen molar-refractivity contribution in [2.45, 2.75) is 82.7 Å². The number of hydrogen-bond donors (Lipinski definition) is 0. The molecule has 1 aromatic carbocycles. The average molecular weight is 366 g/mol. The van der Waals surface area contributed by atoms with Crippen LogP contribution < -0.4 is 0 Å². The van der Waals surface area contributed by atoms with Crippen LogP contribution in [0, 0.1) is 23.2 Å². The highest BCUT2D eigenvalue weighted by Crippen LogP contribution is 2.45. The predicted molar refractivity (Wildman–Crippen MR) is 112 cm³/mol. The van der Waals surface area contributed by atoms with Crippen LogP contribution in [0.15, 0.2) is 36.4 Å². The number of methoxy groups -OCH3 is 1. The highest BCUT2D eigenvalue weighted by molar-refractivity contribution is 5.26. The van der Waals surface area contributed by atoms with Crippen LogP contribution in [0.25, 0.3) is 0 Å². The first-order valence-electron chi connectivity index (χ1n) is 10.9. The second kappa shape index (κ2) is 9.56. The number of allylic oxidation sites excluding steroid dienone is 1. The van der Waals surface area contributed by atoms with Crippen molar-refractivity contribution in [1.29, 1.82) is 5.26 Å². The van der Waals surface area contributed by atoms with E-state index in [4.69, 9.17) is 10.00 Å². The van der Waals surface area contributed by atoms with Crippen molar-refractivity contribution in [2.75, 3.05) is 7.11 Å². The quantitative estimate of drug-likeness (QED) is 0.534. The van der Waals surface area contributed by atoms with E-state index in [0.29, 0.717) is 0 Å². The summed E-state index contributed by atoms with van der Waals surface area (Å²) >= 11 is 0. The second-order valence-corrected chi connectivity index (χ2v) is 8.67. The van der Waals surface area contributed by atoms with Gasteiger partial charge in [-0.2, -0.15) is 5.26 Å². The third kappa shape index (κ3) is 5.02. The topological polar surface area (TPSA) is 33.0 Å². The first kappa shape index (κ1) is 20.2. The Balaban J connectivity index is 1.50. The Bertz CT molecular complexity index is 638. The maximum absolute atomic E-state index is 8.83. The van der Waals surface area contributed by atoms with E-state index in [1.54, 1.807) is 18.7 Å². The number of ether oxygens (including phenoxy) is 1. The summed E-state index contributed by atoms with van der Waals surface area (Å²) in [6, 6.07) is 11.6. The van der Waals surface area contributed by atoms with Gasteiger partial charge >= 0.3 is 0 Å². The van der Waals surface area contributed by atoms with Gasteiger partial charge in [-0.05, 0) is 92.7 Å². The zero-order valence-corrected chi connectivity index (χ0v) is 17.1. The van der Waals surface area contributed by atoms with E-state index < -0.39 is 0 Å². The van der Waals surface area contributed by atoms with Gasteiger partial charge in [0.25, 0.3) is 0 Å². The highest BCUT2D eigenvalue weighted by atomic mass is 16.5. The lowest BCUT2D eigenvalue weighted by Crippen LogP contribution is -2.36. The molecule has 0 aliphatic heterocycles. The van der Waals surface area contributed by atoms with Gasteiger partial charge in [0.05, 0.1) is 11.7 Å². The Morgan fingerprint density at radius 2 is 1.67 bits per heavy atom. The molecule has 0 atom stereocenters. The van der Waals surface area contributed by atoms with E-state index in [9.17, 15) is 0 Å². The number of benzene rings is 1. The number of nitriles is 1. The Kier molecular flexibility index (Phi) is 7.13. The molecule has 2 aliphatic rings. The van der Waals surface area contributed by atoms with Crippen LogP contribution in [0.4, 0.5) is 0 Å². The van der Waals surface area contributed by atoms with Gasteiger partial charge in [-0.25, -0.2) is 0 Å². The molecule has 2 nitrogen and oxygen atoms in total. The molecule has 0 N–H and O–H groups in total. The highest BCUT2D eigenvalue weighted by Gasteiger charge is 2.37. The van der Waals surface area contributed by atoms with E-state index in [-0.39, 0.29) is 5.60 Å². The monoisotopic (exact) mass is 365 g/mol. The Morgan fingerprint density at radius 1 is 1.04 bits per heavy atom. The molecule has 2 saturated carbocycles. The summed E-state index contributed by atoms with van der Waals surface area (Å²) in [5.74, 6) is 2.49. The maximum Gasteiger partial charge on any atom is 0.0909 e. The van der Waals surface area contributed by atoms with E-state index in [0.717, 1.165) is 30.6 Å². The summed E-state index contributed by atoms with van der Waals surface area (Å²) in [4.78, 5) is 0. The average Bonchev–Trinajstić information content (AvgIpc) is 2.74. The van der Waals surface area contributed by atoms with Crippen LogP contribution in [0.2, 0.25) is 0 Å². The van der Waals surface area contributed by atoms with Gasteiger partial charge in [0.15, 0.2) is 0 Å². The molecule has 0 saturated heterocycles. The van der Waals surface area contributed by atoms with Crippen molar-refractivity contribution in [3.8, 4) is 6.07 Å². The molecule has 0 spiro atoms. The molecule has 27 heavy (non-hydrogen) atoms. The fourth-order valence-electron chi connectivity index (χ4n) is 5.40. The Hall–Kier alpha value is -1.59. The first-order chi connectivity index (χ1) is 13.2. The summed E-state index contributed by atoms with van der Waals surface area (Å²) in [5, 5.41) is 8.83. The Labute approximate surface area is 165 Å². The lowest BCUT2D eigenvalue weighted by molar-refractivity contribution is -0.0192. The minimum atomic E-state index is -0.191. The first-order valence-corrected chi connectivity index (χ1v) is 10.9. The van der Waals surface area contributed by atoms with Crippen molar-refractivity contribution in [1.82, 2.24) is 0 Å². The van der Waals surface area contributed by atoms with Crippen LogP contribution >= 0.6 is 0 Å². The molecule has 2 fully saturated rings.